The summed E-state index contributed by atoms with van der Waals surface area (Å²) in [4.78, 5) is 0. The van der Waals surface area contributed by atoms with Gasteiger partial charge in [-0.25, -0.2) is 8.78 Å². The van der Waals surface area contributed by atoms with Crippen LogP contribution in [0.15, 0.2) is 12.1 Å². The van der Waals surface area contributed by atoms with Crippen LogP contribution in [0, 0.1) is 23.0 Å². The fourth-order valence-electron chi connectivity index (χ4n) is 1.29. The number of unbranched alkanes of at least 4 members (excludes halogenated alkanes) is 1. The fraction of sp³-hybridized carbons (Fsp3) is 0.364. The van der Waals surface area contributed by atoms with Crippen LogP contribution in [-0.4, -0.2) is 13.1 Å². The quantitative estimate of drug-likeness (QED) is 0.753. The van der Waals surface area contributed by atoms with Gasteiger partial charge in [0.2, 0.25) is 0 Å². The van der Waals surface area contributed by atoms with Crippen LogP contribution in [0.2, 0.25) is 0 Å². The van der Waals surface area contributed by atoms with Gasteiger partial charge in [0.25, 0.3) is 0 Å². The first-order valence-corrected chi connectivity index (χ1v) is 5.02. The molecule has 3 nitrogen and oxygen atoms in total. The van der Waals surface area contributed by atoms with Crippen molar-refractivity contribution in [3.63, 3.8) is 0 Å². The number of nitrogens with two attached hydrogens (primary N) is 1. The highest BCUT2D eigenvalue weighted by atomic mass is 19.1. The first-order valence-electron chi connectivity index (χ1n) is 5.02. The SMILES string of the molecule is N#Cc1cc(F)c(NCCCCN)c(F)c1. The van der Waals surface area contributed by atoms with Gasteiger partial charge in [-0.05, 0) is 31.5 Å². The minimum absolute atomic E-state index is 0.0255. The molecule has 0 aliphatic heterocycles. The minimum Gasteiger partial charge on any atom is -0.380 e. The number of nitriles is 1. The molecule has 0 radical (unpaired) electrons. The Labute approximate surface area is 92.9 Å². The molecule has 1 rings (SSSR count). The van der Waals surface area contributed by atoms with Crippen LogP contribution in [0.4, 0.5) is 14.5 Å². The number of nitrogens with zero attached hydrogens (tertiary/aromatic N) is 1. The van der Waals surface area contributed by atoms with Gasteiger partial charge in [-0.2, -0.15) is 5.26 Å². The summed E-state index contributed by atoms with van der Waals surface area (Å²) in [6.07, 6.45) is 1.54. The molecule has 0 saturated heterocycles. The molecule has 1 aromatic carbocycles. The van der Waals surface area contributed by atoms with Crippen molar-refractivity contribution in [2.45, 2.75) is 12.8 Å². The van der Waals surface area contributed by atoms with E-state index in [9.17, 15) is 8.78 Å². The van der Waals surface area contributed by atoms with Crippen LogP contribution >= 0.6 is 0 Å². The Kier molecular flexibility index (Phi) is 4.67. The first-order chi connectivity index (χ1) is 7.69. The smallest absolute Gasteiger partial charge is 0.150 e. The largest absolute Gasteiger partial charge is 0.380 e. The van der Waals surface area contributed by atoms with Crippen LogP contribution in [0.1, 0.15) is 18.4 Å². The predicted octanol–water partition coefficient (Wildman–Crippen LogP) is 1.99. The zero-order chi connectivity index (χ0) is 12.0. The second kappa shape index (κ2) is 6.03. The maximum atomic E-state index is 13.3. The third kappa shape index (κ3) is 3.17. The molecular formula is C11H13F2N3. The van der Waals surface area contributed by atoms with Crippen LogP contribution in [-0.2, 0) is 0 Å². The van der Waals surface area contributed by atoms with Crippen LogP contribution in [0.25, 0.3) is 0 Å². The monoisotopic (exact) mass is 225 g/mol. The average molecular weight is 225 g/mol. The fourth-order valence-corrected chi connectivity index (χ4v) is 1.29. The van der Waals surface area contributed by atoms with Gasteiger partial charge in [-0.3, -0.25) is 0 Å². The molecule has 0 aromatic heterocycles. The zero-order valence-electron chi connectivity index (χ0n) is 8.76. The lowest BCUT2D eigenvalue weighted by atomic mass is 10.2. The normalized spacial score (nSPS) is 9.88. The molecular weight excluding hydrogens is 212 g/mol. The van der Waals surface area contributed by atoms with Crippen molar-refractivity contribution < 1.29 is 8.78 Å². The number of rotatable bonds is 5. The van der Waals surface area contributed by atoms with E-state index in [1.807, 2.05) is 0 Å². The Morgan fingerprint density at radius 2 is 1.88 bits per heavy atom. The Morgan fingerprint density at radius 1 is 1.25 bits per heavy atom. The zero-order valence-corrected chi connectivity index (χ0v) is 8.76. The average Bonchev–Trinajstić information content (AvgIpc) is 2.26. The molecule has 0 heterocycles. The van der Waals surface area contributed by atoms with E-state index in [-0.39, 0.29) is 11.3 Å². The number of nitrogens with one attached hydrogen (secondary N) is 1. The lowest BCUT2D eigenvalue weighted by molar-refractivity contribution is 0.586. The van der Waals surface area contributed by atoms with Gasteiger partial charge in [0.1, 0.15) is 5.69 Å². The summed E-state index contributed by atoms with van der Waals surface area (Å²) in [6.45, 7) is 1.01. The van der Waals surface area contributed by atoms with Crippen LogP contribution in [0.5, 0.6) is 0 Å². The predicted molar refractivity (Wildman–Crippen MR) is 57.9 cm³/mol. The van der Waals surface area contributed by atoms with Crippen molar-refractivity contribution in [1.82, 2.24) is 0 Å². The summed E-state index contributed by atoms with van der Waals surface area (Å²) in [7, 11) is 0. The second-order valence-electron chi connectivity index (χ2n) is 3.35. The van der Waals surface area contributed by atoms with Gasteiger partial charge in [0.05, 0.1) is 11.6 Å². The Bertz CT molecular complexity index is 376. The molecule has 0 fully saturated rings. The van der Waals surface area contributed by atoms with E-state index in [2.05, 4.69) is 5.32 Å². The number of halogens is 2. The van der Waals surface area contributed by atoms with Crippen molar-refractivity contribution in [1.29, 1.82) is 5.26 Å². The number of benzene rings is 1. The van der Waals surface area contributed by atoms with Crippen molar-refractivity contribution >= 4 is 5.69 Å². The molecule has 0 aliphatic rings. The lowest BCUT2D eigenvalue weighted by Crippen LogP contribution is -2.08. The lowest BCUT2D eigenvalue weighted by Gasteiger charge is -2.08. The first kappa shape index (κ1) is 12.4. The van der Waals surface area contributed by atoms with E-state index in [1.54, 1.807) is 6.07 Å². The molecule has 0 bridgehead atoms. The van der Waals surface area contributed by atoms with Crippen molar-refractivity contribution in [3.8, 4) is 6.07 Å². The molecule has 5 heteroatoms. The minimum atomic E-state index is -0.746. The summed E-state index contributed by atoms with van der Waals surface area (Å²) < 4.78 is 26.7. The van der Waals surface area contributed by atoms with Gasteiger partial charge >= 0.3 is 0 Å². The summed E-state index contributed by atoms with van der Waals surface area (Å²) in [6, 6.07) is 3.70. The summed E-state index contributed by atoms with van der Waals surface area (Å²) in [5, 5.41) is 11.2. The Hall–Kier alpha value is -1.67. The number of hydrogen-bond acceptors (Lipinski definition) is 3. The van der Waals surface area contributed by atoms with E-state index in [0.717, 1.165) is 25.0 Å². The topological polar surface area (TPSA) is 61.8 Å². The van der Waals surface area contributed by atoms with Gasteiger partial charge in [-0.15, -0.1) is 0 Å². The molecule has 3 N–H and O–H groups in total. The van der Waals surface area contributed by atoms with E-state index < -0.39 is 11.6 Å². The molecule has 16 heavy (non-hydrogen) atoms. The van der Waals surface area contributed by atoms with Crippen LogP contribution < -0.4 is 11.1 Å². The molecule has 0 spiro atoms. The summed E-state index contributed by atoms with van der Waals surface area (Å²) in [5.74, 6) is -1.49. The highest BCUT2D eigenvalue weighted by Crippen LogP contribution is 2.20. The van der Waals surface area contributed by atoms with E-state index in [1.165, 1.54) is 0 Å². The van der Waals surface area contributed by atoms with Crippen molar-refractivity contribution in [3.05, 3.63) is 29.3 Å². The standard InChI is InChI=1S/C11H13F2N3/c12-9-5-8(7-15)6-10(13)11(9)16-4-2-1-3-14/h5-6,16H,1-4,14H2. The molecule has 0 aliphatic carbocycles. The highest BCUT2D eigenvalue weighted by Gasteiger charge is 2.10. The molecule has 0 amide bonds. The Balaban J connectivity index is 2.70. The maximum Gasteiger partial charge on any atom is 0.150 e. The summed E-state index contributed by atoms with van der Waals surface area (Å²) >= 11 is 0. The number of anilines is 1. The number of hydrogen-bond donors (Lipinski definition) is 2. The van der Waals surface area contributed by atoms with E-state index in [4.69, 9.17) is 11.0 Å². The summed E-state index contributed by atoms with van der Waals surface area (Å²) in [5.41, 5.74) is 5.08. The van der Waals surface area contributed by atoms with E-state index >= 15 is 0 Å². The van der Waals surface area contributed by atoms with Gasteiger partial charge in [-0.1, -0.05) is 0 Å². The Morgan fingerprint density at radius 3 is 2.38 bits per heavy atom. The van der Waals surface area contributed by atoms with Crippen LogP contribution in [0.3, 0.4) is 0 Å². The third-order valence-electron chi connectivity index (χ3n) is 2.10. The second-order valence-corrected chi connectivity index (χ2v) is 3.35. The third-order valence-corrected chi connectivity index (χ3v) is 2.10. The molecule has 0 atom stereocenters. The molecule has 0 saturated carbocycles. The van der Waals surface area contributed by atoms with Crippen molar-refractivity contribution in [2.24, 2.45) is 5.73 Å². The van der Waals surface area contributed by atoms with Crippen molar-refractivity contribution in [2.75, 3.05) is 18.4 Å². The molecule has 1 aromatic rings. The van der Waals surface area contributed by atoms with Gasteiger partial charge in [0, 0.05) is 6.54 Å². The van der Waals surface area contributed by atoms with Gasteiger partial charge in [0.15, 0.2) is 11.6 Å². The molecule has 86 valence electrons. The molecule has 0 unspecified atom stereocenters. The highest BCUT2D eigenvalue weighted by molar-refractivity contribution is 5.50. The maximum absolute atomic E-state index is 13.3. The van der Waals surface area contributed by atoms with E-state index in [0.29, 0.717) is 13.1 Å². The van der Waals surface area contributed by atoms with Gasteiger partial charge < -0.3 is 11.1 Å².